The van der Waals surface area contributed by atoms with Gasteiger partial charge in [-0.05, 0) is 17.2 Å². The number of nitrogens with zero attached hydrogens (tertiary/aromatic N) is 2. The minimum atomic E-state index is -2.80. The van der Waals surface area contributed by atoms with Crippen LogP contribution in [0, 0.1) is 0 Å². The summed E-state index contributed by atoms with van der Waals surface area (Å²) < 4.78 is 28.0. The Balaban J connectivity index is 0.00000208. The highest BCUT2D eigenvalue weighted by Crippen LogP contribution is 2.25. The summed E-state index contributed by atoms with van der Waals surface area (Å²) in [6, 6.07) is 8.80. The summed E-state index contributed by atoms with van der Waals surface area (Å²) in [5.74, 6) is -3.18. The van der Waals surface area contributed by atoms with Gasteiger partial charge in [0.1, 0.15) is 0 Å². The molecule has 1 saturated heterocycles. The summed E-state index contributed by atoms with van der Waals surface area (Å²) in [6.07, 6.45) is 3.17. The Morgan fingerprint density at radius 2 is 2.04 bits per heavy atom. The normalized spacial score (nSPS) is 18.8. The third-order valence-electron chi connectivity index (χ3n) is 3.82. The number of amides is 1. The number of nitrogens with one attached hydrogen (secondary N) is 2. The molecule has 1 fully saturated rings. The fourth-order valence-electron chi connectivity index (χ4n) is 2.56. The van der Waals surface area contributed by atoms with Crippen molar-refractivity contribution in [2.24, 2.45) is 0 Å². The standard InChI is InChI=1S/C16H18F2N4O.ClH/c17-16(18)8-14(20-11-16)15(23)19-9-12-2-4-13(5-3-12)10-22-7-1-6-21-22;/h1-7,14,20H,8-11H2,(H,19,23);1H. The van der Waals surface area contributed by atoms with Crippen molar-refractivity contribution in [3.8, 4) is 0 Å². The maximum Gasteiger partial charge on any atom is 0.262 e. The lowest BCUT2D eigenvalue weighted by molar-refractivity contribution is -0.123. The minimum Gasteiger partial charge on any atom is -0.351 e. The Labute approximate surface area is 144 Å². The van der Waals surface area contributed by atoms with E-state index in [1.807, 2.05) is 41.2 Å². The topological polar surface area (TPSA) is 59.0 Å². The van der Waals surface area contributed by atoms with Gasteiger partial charge in [-0.1, -0.05) is 24.3 Å². The largest absolute Gasteiger partial charge is 0.351 e. The second kappa shape index (κ2) is 7.72. The van der Waals surface area contributed by atoms with Gasteiger partial charge in [-0.15, -0.1) is 12.4 Å². The number of hydrogen-bond acceptors (Lipinski definition) is 3. The van der Waals surface area contributed by atoms with E-state index in [0.717, 1.165) is 11.1 Å². The molecule has 1 aromatic carbocycles. The molecule has 0 radical (unpaired) electrons. The van der Waals surface area contributed by atoms with Gasteiger partial charge in [0.2, 0.25) is 5.91 Å². The number of halogens is 3. The number of alkyl halides is 2. The van der Waals surface area contributed by atoms with Gasteiger partial charge in [-0.2, -0.15) is 5.10 Å². The summed E-state index contributed by atoms with van der Waals surface area (Å²) in [5, 5.41) is 9.38. The third-order valence-corrected chi connectivity index (χ3v) is 3.82. The van der Waals surface area contributed by atoms with Crippen molar-refractivity contribution in [1.82, 2.24) is 20.4 Å². The van der Waals surface area contributed by atoms with E-state index >= 15 is 0 Å². The minimum absolute atomic E-state index is 0. The number of aromatic nitrogens is 2. The van der Waals surface area contributed by atoms with Crippen LogP contribution in [-0.4, -0.2) is 34.2 Å². The number of hydrogen-bond donors (Lipinski definition) is 2. The summed E-state index contributed by atoms with van der Waals surface area (Å²) in [4.78, 5) is 11.9. The highest BCUT2D eigenvalue weighted by Gasteiger charge is 2.42. The van der Waals surface area contributed by atoms with E-state index in [0.29, 0.717) is 13.1 Å². The molecule has 2 heterocycles. The maximum atomic E-state index is 13.1. The lowest BCUT2D eigenvalue weighted by Gasteiger charge is -2.11. The van der Waals surface area contributed by atoms with Crippen LogP contribution in [0.5, 0.6) is 0 Å². The third kappa shape index (κ3) is 4.75. The van der Waals surface area contributed by atoms with Crippen LogP contribution < -0.4 is 10.6 Å². The molecule has 8 heteroatoms. The molecular weight excluding hydrogens is 338 g/mol. The molecular formula is C16H19ClF2N4O. The smallest absolute Gasteiger partial charge is 0.262 e. The van der Waals surface area contributed by atoms with Crippen LogP contribution in [0.25, 0.3) is 0 Å². The van der Waals surface area contributed by atoms with Gasteiger partial charge in [0.25, 0.3) is 5.92 Å². The fraction of sp³-hybridized carbons (Fsp3) is 0.375. The van der Waals surface area contributed by atoms with Gasteiger partial charge in [-0.3, -0.25) is 14.8 Å². The molecule has 1 amide bonds. The Hall–Kier alpha value is -1.99. The highest BCUT2D eigenvalue weighted by molar-refractivity contribution is 5.85. The van der Waals surface area contributed by atoms with Gasteiger partial charge in [0.05, 0.1) is 19.1 Å². The second-order valence-electron chi connectivity index (χ2n) is 5.73. The van der Waals surface area contributed by atoms with Gasteiger partial charge in [-0.25, -0.2) is 8.78 Å². The van der Waals surface area contributed by atoms with Crippen molar-refractivity contribution in [3.05, 3.63) is 53.9 Å². The molecule has 0 spiro atoms. The predicted octanol–water partition coefficient (Wildman–Crippen LogP) is 1.97. The second-order valence-corrected chi connectivity index (χ2v) is 5.73. The van der Waals surface area contributed by atoms with Gasteiger partial charge in [0.15, 0.2) is 0 Å². The van der Waals surface area contributed by atoms with Crippen molar-refractivity contribution in [2.75, 3.05) is 6.54 Å². The van der Waals surface area contributed by atoms with E-state index in [4.69, 9.17) is 0 Å². The van der Waals surface area contributed by atoms with Crippen LogP contribution in [0.2, 0.25) is 0 Å². The van der Waals surface area contributed by atoms with Gasteiger partial charge < -0.3 is 5.32 Å². The first kappa shape index (κ1) is 18.4. The van der Waals surface area contributed by atoms with Crippen molar-refractivity contribution in [3.63, 3.8) is 0 Å². The fourth-order valence-corrected chi connectivity index (χ4v) is 2.56. The van der Waals surface area contributed by atoms with Crippen molar-refractivity contribution in [2.45, 2.75) is 31.5 Å². The Kier molecular flexibility index (Phi) is 5.90. The first-order valence-corrected chi connectivity index (χ1v) is 7.46. The number of rotatable bonds is 5. The first-order valence-electron chi connectivity index (χ1n) is 7.46. The lowest BCUT2D eigenvalue weighted by Crippen LogP contribution is -2.40. The zero-order valence-electron chi connectivity index (χ0n) is 12.9. The van der Waals surface area contributed by atoms with E-state index < -0.39 is 24.9 Å². The number of carbonyl (C=O) groups excluding carboxylic acids is 1. The average Bonchev–Trinajstić information content (AvgIpc) is 3.15. The maximum absolute atomic E-state index is 13.1. The van der Waals surface area contributed by atoms with Crippen LogP contribution in [0.4, 0.5) is 8.78 Å². The molecule has 24 heavy (non-hydrogen) atoms. The monoisotopic (exact) mass is 356 g/mol. The summed E-state index contributed by atoms with van der Waals surface area (Å²) in [6.45, 7) is 0.568. The quantitative estimate of drug-likeness (QED) is 0.861. The number of carbonyl (C=O) groups is 1. The molecule has 3 rings (SSSR count). The molecule has 1 aliphatic heterocycles. The van der Waals surface area contributed by atoms with E-state index in [2.05, 4.69) is 15.7 Å². The van der Waals surface area contributed by atoms with Crippen LogP contribution in [0.15, 0.2) is 42.7 Å². The lowest BCUT2D eigenvalue weighted by atomic mass is 10.1. The van der Waals surface area contributed by atoms with E-state index in [1.165, 1.54) is 0 Å². The van der Waals surface area contributed by atoms with E-state index in [1.54, 1.807) is 6.20 Å². The molecule has 1 unspecified atom stereocenters. The van der Waals surface area contributed by atoms with Gasteiger partial charge in [0, 0.05) is 25.4 Å². The molecule has 5 nitrogen and oxygen atoms in total. The molecule has 1 atom stereocenters. The van der Waals surface area contributed by atoms with Gasteiger partial charge >= 0.3 is 0 Å². The van der Waals surface area contributed by atoms with Crippen molar-refractivity contribution >= 4 is 18.3 Å². The summed E-state index contributed by atoms with van der Waals surface area (Å²) in [7, 11) is 0. The Morgan fingerprint density at radius 1 is 1.33 bits per heavy atom. The van der Waals surface area contributed by atoms with Crippen LogP contribution >= 0.6 is 12.4 Å². The van der Waals surface area contributed by atoms with Crippen molar-refractivity contribution in [1.29, 1.82) is 0 Å². The van der Waals surface area contributed by atoms with Crippen LogP contribution in [0.3, 0.4) is 0 Å². The first-order chi connectivity index (χ1) is 11.0. The molecule has 2 aromatic rings. The molecule has 2 N–H and O–H groups in total. The highest BCUT2D eigenvalue weighted by atomic mass is 35.5. The zero-order chi connectivity index (χ0) is 16.3. The molecule has 1 aromatic heterocycles. The molecule has 0 bridgehead atoms. The zero-order valence-corrected chi connectivity index (χ0v) is 13.7. The summed E-state index contributed by atoms with van der Waals surface area (Å²) in [5.41, 5.74) is 2.02. The SMILES string of the molecule is Cl.O=C(NCc1ccc(Cn2cccn2)cc1)C1CC(F)(F)CN1. The number of benzene rings is 1. The van der Waals surface area contributed by atoms with Crippen LogP contribution in [-0.2, 0) is 17.9 Å². The predicted molar refractivity (Wildman–Crippen MR) is 88.2 cm³/mol. The average molecular weight is 357 g/mol. The molecule has 1 aliphatic rings. The van der Waals surface area contributed by atoms with Crippen LogP contribution in [0.1, 0.15) is 17.5 Å². The molecule has 0 saturated carbocycles. The van der Waals surface area contributed by atoms with Crippen molar-refractivity contribution < 1.29 is 13.6 Å². The molecule has 0 aliphatic carbocycles. The van der Waals surface area contributed by atoms with E-state index in [-0.39, 0.29) is 18.3 Å². The van der Waals surface area contributed by atoms with E-state index in [9.17, 15) is 13.6 Å². The Bertz CT molecular complexity index is 661. The summed E-state index contributed by atoms with van der Waals surface area (Å²) >= 11 is 0. The Morgan fingerprint density at radius 3 is 2.62 bits per heavy atom. The molecule has 130 valence electrons.